The third-order valence-corrected chi connectivity index (χ3v) is 4.88. The molecule has 4 amide bonds. The zero-order chi connectivity index (χ0) is 26.9. The number of nitrogens with one attached hydrogen (secondary N) is 3. The number of primary amides is 1. The molecule has 0 aromatic heterocycles. The monoisotopic (exact) mass is 497 g/mol. The number of phenols is 1. The number of nitrogens with two attached hydrogens (primary N) is 2. The molecule has 14 nitrogen and oxygen atoms in total. The predicted octanol–water partition coefficient (Wildman–Crippen LogP) is -3.56. The van der Waals surface area contributed by atoms with E-state index in [1.807, 2.05) is 0 Å². The molecule has 1 aromatic rings. The van der Waals surface area contributed by atoms with Crippen molar-refractivity contribution in [2.24, 2.45) is 11.5 Å². The Bertz CT molecular complexity index is 920. The van der Waals surface area contributed by atoms with Gasteiger partial charge in [-0.15, -0.1) is 0 Å². The van der Waals surface area contributed by atoms with Crippen LogP contribution in [0.25, 0.3) is 0 Å². The minimum Gasteiger partial charge on any atom is -0.508 e. The number of aliphatic carboxylic acids is 1. The summed E-state index contributed by atoms with van der Waals surface area (Å²) >= 11 is 0. The molecule has 14 heteroatoms. The Labute approximate surface area is 200 Å². The van der Waals surface area contributed by atoms with Crippen LogP contribution in [-0.4, -0.2) is 86.4 Å². The van der Waals surface area contributed by atoms with Gasteiger partial charge >= 0.3 is 5.97 Å². The third-order valence-electron chi connectivity index (χ3n) is 4.88. The van der Waals surface area contributed by atoms with Crippen LogP contribution in [0.4, 0.5) is 0 Å². The molecule has 0 spiro atoms. The molecule has 0 aliphatic heterocycles. The molecule has 0 aliphatic carbocycles. The van der Waals surface area contributed by atoms with Crippen LogP contribution >= 0.6 is 0 Å². The number of carbonyl (C=O) groups is 5. The number of aliphatic hydroxyl groups excluding tert-OH is 2. The number of carboxylic acid groups (broad SMARTS) is 1. The highest BCUT2D eigenvalue weighted by molar-refractivity contribution is 5.95. The Balaban J connectivity index is 3.13. The molecule has 11 N–H and O–H groups in total. The molecule has 0 saturated carbocycles. The van der Waals surface area contributed by atoms with Crippen molar-refractivity contribution in [3.05, 3.63) is 29.8 Å². The minimum absolute atomic E-state index is 0.0528. The van der Waals surface area contributed by atoms with E-state index in [1.54, 1.807) is 0 Å². The Morgan fingerprint density at radius 1 is 0.857 bits per heavy atom. The van der Waals surface area contributed by atoms with Gasteiger partial charge in [-0.25, -0.2) is 4.79 Å². The van der Waals surface area contributed by atoms with E-state index in [0.29, 0.717) is 5.56 Å². The molecule has 6 unspecified atom stereocenters. The molecule has 6 atom stereocenters. The highest BCUT2D eigenvalue weighted by atomic mass is 16.4. The maximum absolute atomic E-state index is 12.9. The second-order valence-electron chi connectivity index (χ2n) is 8.00. The number of amides is 4. The van der Waals surface area contributed by atoms with Gasteiger partial charge in [-0.05, 0) is 31.5 Å². The maximum atomic E-state index is 12.9. The Hall–Kier alpha value is -3.75. The Kier molecular flexibility index (Phi) is 11.1. The van der Waals surface area contributed by atoms with Crippen LogP contribution in [0.1, 0.15) is 25.8 Å². The van der Waals surface area contributed by atoms with Crippen LogP contribution in [0.15, 0.2) is 24.3 Å². The van der Waals surface area contributed by atoms with Gasteiger partial charge in [-0.1, -0.05) is 12.1 Å². The van der Waals surface area contributed by atoms with Gasteiger partial charge < -0.3 is 47.8 Å². The number of benzene rings is 1. The lowest BCUT2D eigenvalue weighted by molar-refractivity contribution is -0.145. The number of carboxylic acids is 1. The van der Waals surface area contributed by atoms with Gasteiger partial charge in [0.05, 0.1) is 24.7 Å². The summed E-state index contributed by atoms with van der Waals surface area (Å²) in [5, 5.41) is 45.0. The van der Waals surface area contributed by atoms with E-state index in [0.717, 1.165) is 6.92 Å². The van der Waals surface area contributed by atoms with Gasteiger partial charge in [0, 0.05) is 6.42 Å². The van der Waals surface area contributed by atoms with Gasteiger partial charge in [-0.2, -0.15) is 0 Å². The highest BCUT2D eigenvalue weighted by Gasteiger charge is 2.33. The van der Waals surface area contributed by atoms with Gasteiger partial charge in [0.15, 0.2) is 6.04 Å². The number of hydrogen-bond donors (Lipinski definition) is 9. The molecule has 0 radical (unpaired) electrons. The van der Waals surface area contributed by atoms with Crippen LogP contribution < -0.4 is 27.4 Å². The maximum Gasteiger partial charge on any atom is 0.328 e. The molecule has 0 bridgehead atoms. The van der Waals surface area contributed by atoms with Gasteiger partial charge in [0.2, 0.25) is 23.6 Å². The molecule has 1 aromatic carbocycles. The van der Waals surface area contributed by atoms with Crippen LogP contribution in [0, 0.1) is 0 Å². The fourth-order valence-electron chi connectivity index (χ4n) is 2.96. The quantitative estimate of drug-likeness (QED) is 0.130. The largest absolute Gasteiger partial charge is 0.508 e. The molecule has 0 aliphatic rings. The molecule has 35 heavy (non-hydrogen) atoms. The predicted molar refractivity (Wildman–Crippen MR) is 120 cm³/mol. The van der Waals surface area contributed by atoms with E-state index in [-0.39, 0.29) is 12.2 Å². The highest BCUT2D eigenvalue weighted by Crippen LogP contribution is 2.12. The standard InChI is InChI=1S/C21H31N5O9/c1-9(27)16(25-18(31)13(22)8-15(23)30)20(33)24-14(7-11-3-5-12(29)6-4-11)19(32)26-17(10(2)28)21(34)35/h3-6,9-10,13-14,16-17,27-29H,7-8,22H2,1-2H3,(H2,23,30)(H,24,33)(H,25,31)(H,26,32)(H,34,35). The summed E-state index contributed by atoms with van der Waals surface area (Å²) < 4.78 is 0. The first-order valence-corrected chi connectivity index (χ1v) is 10.5. The van der Waals surface area contributed by atoms with Gasteiger partial charge in [-0.3, -0.25) is 19.2 Å². The molecular weight excluding hydrogens is 466 g/mol. The second kappa shape index (κ2) is 13.2. The molecule has 1 rings (SSSR count). The summed E-state index contributed by atoms with van der Waals surface area (Å²) in [7, 11) is 0. The van der Waals surface area contributed by atoms with E-state index in [1.165, 1.54) is 31.2 Å². The lowest BCUT2D eigenvalue weighted by Crippen LogP contribution is -2.61. The average molecular weight is 498 g/mol. The minimum atomic E-state index is -1.68. The Morgan fingerprint density at radius 3 is 1.83 bits per heavy atom. The molecule has 194 valence electrons. The fourth-order valence-corrected chi connectivity index (χ4v) is 2.96. The van der Waals surface area contributed by atoms with E-state index < -0.39 is 72.4 Å². The summed E-state index contributed by atoms with van der Waals surface area (Å²) in [6.45, 7) is 2.34. The van der Waals surface area contributed by atoms with Crippen LogP contribution in [-0.2, 0) is 30.4 Å². The third kappa shape index (κ3) is 9.56. The lowest BCUT2D eigenvalue weighted by atomic mass is 10.0. The van der Waals surface area contributed by atoms with Crippen molar-refractivity contribution < 1.29 is 44.4 Å². The normalized spacial score (nSPS) is 16.0. The van der Waals surface area contributed by atoms with Crippen molar-refractivity contribution in [2.75, 3.05) is 0 Å². The summed E-state index contributed by atoms with van der Waals surface area (Å²) in [4.78, 5) is 60.3. The van der Waals surface area contributed by atoms with Crippen LogP contribution in [0.2, 0.25) is 0 Å². The van der Waals surface area contributed by atoms with E-state index in [9.17, 15) is 44.4 Å². The van der Waals surface area contributed by atoms with Crippen LogP contribution in [0.3, 0.4) is 0 Å². The first-order valence-electron chi connectivity index (χ1n) is 10.5. The smallest absolute Gasteiger partial charge is 0.328 e. The zero-order valence-electron chi connectivity index (χ0n) is 19.2. The van der Waals surface area contributed by atoms with E-state index in [2.05, 4.69) is 16.0 Å². The average Bonchev–Trinajstić information content (AvgIpc) is 2.75. The number of rotatable bonds is 13. The number of aromatic hydroxyl groups is 1. The first kappa shape index (κ1) is 29.3. The molecule has 0 heterocycles. The van der Waals surface area contributed by atoms with Crippen molar-refractivity contribution in [1.29, 1.82) is 0 Å². The van der Waals surface area contributed by atoms with Gasteiger partial charge in [0.1, 0.15) is 17.8 Å². The number of phenolic OH excluding ortho intramolecular Hbond substituents is 1. The summed E-state index contributed by atoms with van der Waals surface area (Å²) in [6.07, 6.45) is -3.60. The molecular formula is C21H31N5O9. The van der Waals surface area contributed by atoms with Crippen molar-refractivity contribution in [3.63, 3.8) is 0 Å². The van der Waals surface area contributed by atoms with Crippen molar-refractivity contribution >= 4 is 29.6 Å². The lowest BCUT2D eigenvalue weighted by Gasteiger charge is -2.27. The number of hydrogen-bond acceptors (Lipinski definition) is 9. The second-order valence-corrected chi connectivity index (χ2v) is 8.00. The van der Waals surface area contributed by atoms with Gasteiger partial charge in [0.25, 0.3) is 0 Å². The van der Waals surface area contributed by atoms with Crippen molar-refractivity contribution in [3.8, 4) is 5.75 Å². The molecule has 0 saturated heterocycles. The number of aliphatic hydroxyl groups is 2. The van der Waals surface area contributed by atoms with Crippen LogP contribution in [0.5, 0.6) is 5.75 Å². The van der Waals surface area contributed by atoms with Crippen molar-refractivity contribution in [2.45, 2.75) is 63.1 Å². The summed E-state index contributed by atoms with van der Waals surface area (Å²) in [5.74, 6) is -5.36. The van der Waals surface area contributed by atoms with E-state index >= 15 is 0 Å². The number of carbonyl (C=O) groups excluding carboxylic acids is 4. The van der Waals surface area contributed by atoms with Crippen molar-refractivity contribution in [1.82, 2.24) is 16.0 Å². The SMILES string of the molecule is CC(O)C(NC(=O)C(Cc1ccc(O)cc1)NC(=O)C(NC(=O)C(N)CC(N)=O)C(C)O)C(=O)O. The summed E-state index contributed by atoms with van der Waals surface area (Å²) in [6, 6.07) is -0.486. The molecule has 0 fully saturated rings. The fraction of sp³-hybridized carbons (Fsp3) is 0.476. The zero-order valence-corrected chi connectivity index (χ0v) is 19.2. The topological polar surface area (TPSA) is 254 Å². The first-order chi connectivity index (χ1) is 16.2. The Morgan fingerprint density at radius 2 is 1.37 bits per heavy atom. The summed E-state index contributed by atoms with van der Waals surface area (Å²) in [5.41, 5.74) is 11.0. The van der Waals surface area contributed by atoms with E-state index in [4.69, 9.17) is 11.5 Å².